The van der Waals surface area contributed by atoms with E-state index in [1.54, 1.807) is 18.3 Å². The Morgan fingerprint density at radius 1 is 1.12 bits per heavy atom. The molecule has 0 unspecified atom stereocenters. The van der Waals surface area contributed by atoms with Gasteiger partial charge < -0.3 is 14.8 Å². The lowest BCUT2D eigenvalue weighted by Gasteiger charge is -2.13. The average molecular weight is 422 g/mol. The van der Waals surface area contributed by atoms with Crippen LogP contribution in [0.2, 0.25) is 10.0 Å². The number of nitrogens with one attached hydrogen (secondary N) is 1. The minimum absolute atomic E-state index is 0.142. The predicted octanol–water partition coefficient (Wildman–Crippen LogP) is 5.97. The topological polar surface area (TPSA) is 43.4 Å². The molecule has 0 bridgehead atoms. The standard InChI is InChI=1S/C17H16Cl4N2O2/c18-13-10-12(24-9-5-15(20)21)11-14(19)17(13)23-7-3-8-25-16-4-1-2-6-22-16/h1-2,4-6,10-11,23H,3,7-9H2. The van der Waals surface area contributed by atoms with Gasteiger partial charge >= 0.3 is 0 Å². The summed E-state index contributed by atoms with van der Waals surface area (Å²) in [6.45, 7) is 1.41. The maximum atomic E-state index is 6.25. The zero-order valence-corrected chi connectivity index (χ0v) is 16.2. The highest BCUT2D eigenvalue weighted by Gasteiger charge is 2.09. The van der Waals surface area contributed by atoms with Gasteiger partial charge in [0.15, 0.2) is 0 Å². The number of anilines is 1. The monoisotopic (exact) mass is 420 g/mol. The predicted molar refractivity (Wildman–Crippen MR) is 105 cm³/mol. The Hall–Kier alpha value is -1.33. The third kappa shape index (κ3) is 7.20. The molecule has 0 aliphatic rings. The van der Waals surface area contributed by atoms with E-state index in [-0.39, 0.29) is 11.1 Å². The molecule has 25 heavy (non-hydrogen) atoms. The minimum atomic E-state index is 0.142. The molecule has 0 fully saturated rings. The summed E-state index contributed by atoms with van der Waals surface area (Å²) in [4.78, 5) is 4.09. The van der Waals surface area contributed by atoms with E-state index in [0.29, 0.717) is 40.5 Å². The van der Waals surface area contributed by atoms with Crippen LogP contribution in [0, 0.1) is 0 Å². The molecule has 0 radical (unpaired) electrons. The summed E-state index contributed by atoms with van der Waals surface area (Å²) in [5, 5.41) is 4.13. The first-order chi connectivity index (χ1) is 12.1. The van der Waals surface area contributed by atoms with E-state index in [1.165, 1.54) is 6.08 Å². The van der Waals surface area contributed by atoms with Crippen LogP contribution in [0.3, 0.4) is 0 Å². The van der Waals surface area contributed by atoms with Gasteiger partial charge in [-0.05, 0) is 18.6 Å². The second-order valence-electron chi connectivity index (χ2n) is 4.86. The SMILES string of the molecule is ClC(Cl)=CCOc1cc(Cl)c(NCCCOc2ccccn2)c(Cl)c1. The fourth-order valence-electron chi connectivity index (χ4n) is 1.90. The highest BCUT2D eigenvalue weighted by molar-refractivity contribution is 6.55. The summed E-state index contributed by atoms with van der Waals surface area (Å²) in [6, 6.07) is 8.88. The quantitative estimate of drug-likeness (QED) is 0.506. The number of hydrogen-bond donors (Lipinski definition) is 1. The molecule has 1 aromatic carbocycles. The van der Waals surface area contributed by atoms with Gasteiger partial charge in [0.2, 0.25) is 5.88 Å². The fourth-order valence-corrected chi connectivity index (χ4v) is 2.62. The zero-order chi connectivity index (χ0) is 18.1. The number of rotatable bonds is 9. The average Bonchev–Trinajstić information content (AvgIpc) is 2.57. The fraction of sp³-hybridized carbons (Fsp3) is 0.235. The van der Waals surface area contributed by atoms with Gasteiger partial charge in [-0.3, -0.25) is 0 Å². The first-order valence-electron chi connectivity index (χ1n) is 7.47. The smallest absolute Gasteiger partial charge is 0.213 e. The zero-order valence-electron chi connectivity index (χ0n) is 13.1. The van der Waals surface area contributed by atoms with Gasteiger partial charge in [-0.25, -0.2) is 4.98 Å². The van der Waals surface area contributed by atoms with Crippen LogP contribution in [-0.4, -0.2) is 24.7 Å². The molecule has 134 valence electrons. The number of pyridine rings is 1. The van der Waals surface area contributed by atoms with Crippen LogP contribution in [0.1, 0.15) is 6.42 Å². The van der Waals surface area contributed by atoms with Crippen molar-refractivity contribution in [3.05, 3.63) is 57.1 Å². The van der Waals surface area contributed by atoms with E-state index < -0.39 is 0 Å². The first-order valence-corrected chi connectivity index (χ1v) is 8.98. The Morgan fingerprint density at radius 3 is 2.52 bits per heavy atom. The van der Waals surface area contributed by atoms with E-state index in [4.69, 9.17) is 55.9 Å². The van der Waals surface area contributed by atoms with E-state index in [1.807, 2.05) is 18.2 Å². The van der Waals surface area contributed by atoms with Crippen molar-refractivity contribution in [2.45, 2.75) is 6.42 Å². The molecule has 1 aromatic heterocycles. The van der Waals surface area contributed by atoms with Gasteiger partial charge in [0.05, 0.1) is 22.3 Å². The summed E-state index contributed by atoms with van der Waals surface area (Å²) in [7, 11) is 0. The summed E-state index contributed by atoms with van der Waals surface area (Å²) < 4.78 is 11.1. The van der Waals surface area contributed by atoms with Crippen LogP contribution in [-0.2, 0) is 0 Å². The molecule has 2 aromatic rings. The van der Waals surface area contributed by atoms with Gasteiger partial charge in [0, 0.05) is 30.9 Å². The van der Waals surface area contributed by atoms with Gasteiger partial charge in [-0.15, -0.1) is 0 Å². The van der Waals surface area contributed by atoms with Gasteiger partial charge in [-0.1, -0.05) is 52.5 Å². The largest absolute Gasteiger partial charge is 0.489 e. The van der Waals surface area contributed by atoms with Gasteiger partial charge in [-0.2, -0.15) is 0 Å². The number of ether oxygens (including phenoxy) is 2. The molecular weight excluding hydrogens is 406 g/mol. The number of hydrogen-bond acceptors (Lipinski definition) is 4. The van der Waals surface area contributed by atoms with Crippen molar-refractivity contribution >= 4 is 52.1 Å². The molecule has 1 heterocycles. The number of benzene rings is 1. The molecule has 0 atom stereocenters. The molecule has 0 saturated carbocycles. The second-order valence-corrected chi connectivity index (χ2v) is 6.69. The Balaban J connectivity index is 1.80. The second kappa shape index (κ2) is 10.6. The molecule has 0 aliphatic heterocycles. The van der Waals surface area contributed by atoms with Crippen molar-refractivity contribution in [1.82, 2.24) is 4.98 Å². The maximum absolute atomic E-state index is 6.25. The van der Waals surface area contributed by atoms with Crippen LogP contribution in [0.4, 0.5) is 5.69 Å². The van der Waals surface area contributed by atoms with Crippen molar-refractivity contribution < 1.29 is 9.47 Å². The van der Waals surface area contributed by atoms with Crippen molar-refractivity contribution in [2.75, 3.05) is 25.1 Å². The van der Waals surface area contributed by atoms with Gasteiger partial charge in [0.1, 0.15) is 16.8 Å². The van der Waals surface area contributed by atoms with E-state index in [9.17, 15) is 0 Å². The Labute approximate surface area is 166 Å². The third-order valence-corrected chi connectivity index (χ3v) is 3.92. The highest BCUT2D eigenvalue weighted by Crippen LogP contribution is 2.34. The van der Waals surface area contributed by atoms with E-state index in [2.05, 4.69) is 10.3 Å². The normalized spacial score (nSPS) is 10.2. The lowest BCUT2D eigenvalue weighted by atomic mass is 10.3. The Bertz CT molecular complexity index is 684. The molecule has 2 rings (SSSR count). The lowest BCUT2D eigenvalue weighted by molar-refractivity contribution is 0.303. The van der Waals surface area contributed by atoms with Crippen LogP contribution in [0.15, 0.2) is 47.1 Å². The molecule has 1 N–H and O–H groups in total. The highest BCUT2D eigenvalue weighted by atomic mass is 35.5. The molecule has 4 nitrogen and oxygen atoms in total. The Morgan fingerprint density at radius 2 is 1.88 bits per heavy atom. The first kappa shape index (κ1) is 20.0. The Kier molecular flexibility index (Phi) is 8.49. The maximum Gasteiger partial charge on any atom is 0.213 e. The summed E-state index contributed by atoms with van der Waals surface area (Å²) >= 11 is 23.5. The molecule has 8 heteroatoms. The van der Waals surface area contributed by atoms with Crippen LogP contribution < -0.4 is 14.8 Å². The summed E-state index contributed by atoms with van der Waals surface area (Å²) in [5.74, 6) is 1.14. The lowest BCUT2D eigenvalue weighted by Crippen LogP contribution is -2.08. The molecular formula is C17H16Cl4N2O2. The van der Waals surface area contributed by atoms with Crippen LogP contribution >= 0.6 is 46.4 Å². The summed E-state index contributed by atoms with van der Waals surface area (Å²) in [5.41, 5.74) is 0.652. The summed E-state index contributed by atoms with van der Waals surface area (Å²) in [6.07, 6.45) is 3.98. The number of aromatic nitrogens is 1. The van der Waals surface area contributed by atoms with Crippen molar-refractivity contribution in [1.29, 1.82) is 0 Å². The van der Waals surface area contributed by atoms with Gasteiger partial charge in [0.25, 0.3) is 0 Å². The molecule has 0 saturated heterocycles. The van der Waals surface area contributed by atoms with Crippen LogP contribution in [0.25, 0.3) is 0 Å². The number of halogens is 4. The van der Waals surface area contributed by atoms with E-state index in [0.717, 1.165) is 6.42 Å². The van der Waals surface area contributed by atoms with Crippen molar-refractivity contribution in [3.8, 4) is 11.6 Å². The molecule has 0 spiro atoms. The third-order valence-electron chi connectivity index (χ3n) is 3.01. The van der Waals surface area contributed by atoms with Crippen molar-refractivity contribution in [2.24, 2.45) is 0 Å². The van der Waals surface area contributed by atoms with Crippen molar-refractivity contribution in [3.63, 3.8) is 0 Å². The molecule has 0 aliphatic carbocycles. The van der Waals surface area contributed by atoms with E-state index >= 15 is 0 Å². The minimum Gasteiger partial charge on any atom is -0.489 e. The number of nitrogens with zero attached hydrogens (tertiary/aromatic N) is 1. The molecule has 0 amide bonds. The van der Waals surface area contributed by atoms with Crippen LogP contribution in [0.5, 0.6) is 11.6 Å².